The SMILES string of the molecule is O=C(c1cccc(Br)c1)N(CC1CCCO1)c1nc2c(Cl)cccc2s1. The van der Waals surface area contributed by atoms with Crippen LogP contribution in [0.3, 0.4) is 0 Å². The molecule has 7 heteroatoms. The number of hydrogen-bond acceptors (Lipinski definition) is 4. The Morgan fingerprint density at radius 2 is 2.19 bits per heavy atom. The molecule has 4 rings (SSSR count). The number of amides is 1. The van der Waals surface area contributed by atoms with Gasteiger partial charge in [0.2, 0.25) is 0 Å². The van der Waals surface area contributed by atoms with Crippen LogP contribution < -0.4 is 4.90 Å². The van der Waals surface area contributed by atoms with Crippen molar-refractivity contribution in [1.82, 2.24) is 4.98 Å². The third-order valence-electron chi connectivity index (χ3n) is 4.32. The fourth-order valence-electron chi connectivity index (χ4n) is 3.04. The first-order valence-electron chi connectivity index (χ1n) is 8.36. The minimum absolute atomic E-state index is 0.0357. The number of benzene rings is 2. The first kappa shape index (κ1) is 17.9. The van der Waals surface area contributed by atoms with Crippen LogP contribution in [0.4, 0.5) is 5.13 Å². The van der Waals surface area contributed by atoms with Crippen molar-refractivity contribution >= 4 is 60.1 Å². The first-order valence-corrected chi connectivity index (χ1v) is 10.3. The van der Waals surface area contributed by atoms with Crippen LogP contribution in [0.25, 0.3) is 10.2 Å². The van der Waals surface area contributed by atoms with Crippen molar-refractivity contribution in [2.24, 2.45) is 0 Å². The number of anilines is 1. The topological polar surface area (TPSA) is 42.4 Å². The van der Waals surface area contributed by atoms with Crippen molar-refractivity contribution < 1.29 is 9.53 Å². The summed E-state index contributed by atoms with van der Waals surface area (Å²) in [5, 5.41) is 1.24. The number of halogens is 2. The summed E-state index contributed by atoms with van der Waals surface area (Å²) in [6.07, 6.45) is 2.01. The van der Waals surface area contributed by atoms with Crippen LogP contribution in [0.15, 0.2) is 46.9 Å². The van der Waals surface area contributed by atoms with Gasteiger partial charge in [-0.3, -0.25) is 9.69 Å². The van der Waals surface area contributed by atoms with Crippen LogP contribution in [0.2, 0.25) is 5.02 Å². The molecule has 1 fully saturated rings. The molecule has 1 unspecified atom stereocenters. The number of hydrogen-bond donors (Lipinski definition) is 0. The zero-order valence-corrected chi connectivity index (χ0v) is 17.0. The van der Waals surface area contributed by atoms with Crippen molar-refractivity contribution in [2.45, 2.75) is 18.9 Å². The summed E-state index contributed by atoms with van der Waals surface area (Å²) in [5.74, 6) is -0.0861. The number of aromatic nitrogens is 1. The lowest BCUT2D eigenvalue weighted by Gasteiger charge is -2.23. The summed E-state index contributed by atoms with van der Waals surface area (Å²) >= 11 is 11.2. The zero-order valence-electron chi connectivity index (χ0n) is 13.8. The number of ether oxygens (including phenoxy) is 1. The third-order valence-corrected chi connectivity index (χ3v) is 6.16. The van der Waals surface area contributed by atoms with E-state index in [9.17, 15) is 4.79 Å². The second kappa shape index (κ2) is 7.64. The second-order valence-corrected chi connectivity index (χ2v) is 8.48. The molecular formula is C19H16BrClN2O2S. The van der Waals surface area contributed by atoms with E-state index >= 15 is 0 Å². The van der Waals surface area contributed by atoms with Gasteiger partial charge in [-0.1, -0.05) is 51.0 Å². The van der Waals surface area contributed by atoms with E-state index in [1.165, 1.54) is 11.3 Å². The smallest absolute Gasteiger partial charge is 0.260 e. The molecule has 1 atom stereocenters. The van der Waals surface area contributed by atoms with Gasteiger partial charge < -0.3 is 4.74 Å². The number of fused-ring (bicyclic) bond motifs is 1. The number of nitrogens with zero attached hydrogens (tertiary/aromatic N) is 2. The molecular weight excluding hydrogens is 436 g/mol. The molecule has 1 aliphatic heterocycles. The van der Waals surface area contributed by atoms with Crippen LogP contribution in [-0.2, 0) is 4.74 Å². The van der Waals surface area contributed by atoms with Gasteiger partial charge in [0.15, 0.2) is 5.13 Å². The van der Waals surface area contributed by atoms with Gasteiger partial charge in [-0.25, -0.2) is 4.98 Å². The van der Waals surface area contributed by atoms with E-state index in [1.807, 2.05) is 42.5 Å². The number of carbonyl (C=O) groups is 1. The Hall–Kier alpha value is -1.47. The molecule has 26 heavy (non-hydrogen) atoms. The molecule has 1 saturated heterocycles. The van der Waals surface area contributed by atoms with E-state index in [-0.39, 0.29) is 12.0 Å². The summed E-state index contributed by atoms with van der Waals surface area (Å²) in [6.45, 7) is 1.23. The molecule has 0 N–H and O–H groups in total. The van der Waals surface area contributed by atoms with Crippen molar-refractivity contribution in [3.63, 3.8) is 0 Å². The molecule has 0 aliphatic carbocycles. The fourth-order valence-corrected chi connectivity index (χ4v) is 4.71. The van der Waals surface area contributed by atoms with E-state index in [2.05, 4.69) is 20.9 Å². The Kier molecular flexibility index (Phi) is 5.27. The highest BCUT2D eigenvalue weighted by Crippen LogP contribution is 2.34. The lowest BCUT2D eigenvalue weighted by atomic mass is 10.2. The molecule has 1 aliphatic rings. The van der Waals surface area contributed by atoms with E-state index in [4.69, 9.17) is 16.3 Å². The minimum atomic E-state index is -0.0861. The van der Waals surface area contributed by atoms with Crippen LogP contribution >= 0.6 is 38.9 Å². The van der Waals surface area contributed by atoms with Crippen molar-refractivity contribution in [2.75, 3.05) is 18.1 Å². The molecule has 0 saturated carbocycles. The lowest BCUT2D eigenvalue weighted by molar-refractivity contribution is 0.0917. The van der Waals surface area contributed by atoms with Gasteiger partial charge in [-0.05, 0) is 43.2 Å². The molecule has 0 bridgehead atoms. The molecule has 3 aromatic rings. The molecule has 2 heterocycles. The Bertz CT molecular complexity index is 956. The van der Waals surface area contributed by atoms with E-state index in [1.54, 1.807) is 4.90 Å². The standard InChI is InChI=1S/C19H16BrClN2O2S/c20-13-5-1-4-12(10-13)18(24)23(11-14-6-3-9-25-14)19-22-17-15(21)7-2-8-16(17)26-19/h1-2,4-5,7-8,10,14H,3,6,9,11H2. The van der Waals surface area contributed by atoms with Gasteiger partial charge in [0.1, 0.15) is 5.52 Å². The number of rotatable bonds is 4. The Morgan fingerprint density at radius 3 is 2.92 bits per heavy atom. The van der Waals surface area contributed by atoms with E-state index in [0.29, 0.717) is 22.3 Å². The number of thiazole rings is 1. The highest BCUT2D eigenvalue weighted by Gasteiger charge is 2.27. The number of carbonyl (C=O) groups excluding carboxylic acids is 1. The summed E-state index contributed by atoms with van der Waals surface area (Å²) in [5.41, 5.74) is 1.34. The minimum Gasteiger partial charge on any atom is -0.376 e. The van der Waals surface area contributed by atoms with Gasteiger partial charge in [0, 0.05) is 16.6 Å². The highest BCUT2D eigenvalue weighted by atomic mass is 79.9. The highest BCUT2D eigenvalue weighted by molar-refractivity contribution is 9.10. The average Bonchev–Trinajstić information content (AvgIpc) is 3.29. The van der Waals surface area contributed by atoms with Gasteiger partial charge in [0.25, 0.3) is 5.91 Å². The maximum Gasteiger partial charge on any atom is 0.260 e. The second-order valence-electron chi connectivity index (χ2n) is 6.14. The Morgan fingerprint density at radius 1 is 1.35 bits per heavy atom. The maximum absolute atomic E-state index is 13.2. The molecule has 0 radical (unpaired) electrons. The van der Waals surface area contributed by atoms with Gasteiger partial charge >= 0.3 is 0 Å². The summed E-state index contributed by atoms with van der Waals surface area (Å²) in [7, 11) is 0. The summed E-state index contributed by atoms with van der Waals surface area (Å²) in [6, 6.07) is 13.1. The summed E-state index contributed by atoms with van der Waals surface area (Å²) < 4.78 is 7.59. The van der Waals surface area contributed by atoms with Gasteiger partial charge in [-0.15, -0.1) is 0 Å². The van der Waals surface area contributed by atoms with Crippen LogP contribution in [-0.4, -0.2) is 30.1 Å². The number of para-hydroxylation sites is 1. The largest absolute Gasteiger partial charge is 0.376 e. The molecule has 1 aromatic heterocycles. The van der Waals surface area contributed by atoms with Crippen molar-refractivity contribution in [1.29, 1.82) is 0 Å². The molecule has 4 nitrogen and oxygen atoms in total. The average molecular weight is 452 g/mol. The quantitative estimate of drug-likeness (QED) is 0.523. The Labute approximate surface area is 168 Å². The molecule has 134 valence electrons. The third kappa shape index (κ3) is 3.64. The normalized spacial score (nSPS) is 16.9. The maximum atomic E-state index is 13.2. The predicted octanol–water partition coefficient (Wildman–Crippen LogP) is 5.54. The van der Waals surface area contributed by atoms with Crippen molar-refractivity contribution in [3.8, 4) is 0 Å². The molecule has 1 amide bonds. The first-order chi connectivity index (χ1) is 12.6. The Balaban J connectivity index is 1.73. The predicted molar refractivity (Wildman–Crippen MR) is 109 cm³/mol. The van der Waals surface area contributed by atoms with E-state index in [0.717, 1.165) is 34.1 Å². The van der Waals surface area contributed by atoms with Gasteiger partial charge in [-0.2, -0.15) is 0 Å². The zero-order chi connectivity index (χ0) is 18.1. The molecule has 0 spiro atoms. The van der Waals surface area contributed by atoms with Gasteiger partial charge in [0.05, 0.1) is 22.4 Å². The van der Waals surface area contributed by atoms with E-state index < -0.39 is 0 Å². The lowest BCUT2D eigenvalue weighted by Crippen LogP contribution is -2.37. The fraction of sp³-hybridized carbons (Fsp3) is 0.263. The van der Waals surface area contributed by atoms with Crippen LogP contribution in [0, 0.1) is 0 Å². The summed E-state index contributed by atoms with van der Waals surface area (Å²) in [4.78, 5) is 19.6. The van der Waals surface area contributed by atoms with Crippen LogP contribution in [0.1, 0.15) is 23.2 Å². The monoisotopic (exact) mass is 450 g/mol. The molecule has 2 aromatic carbocycles. The van der Waals surface area contributed by atoms with Crippen molar-refractivity contribution in [3.05, 3.63) is 57.5 Å². The van der Waals surface area contributed by atoms with Crippen LogP contribution in [0.5, 0.6) is 0 Å².